The second kappa shape index (κ2) is 7.25. The van der Waals surface area contributed by atoms with E-state index >= 15 is 0 Å². The minimum absolute atomic E-state index is 0.178. The maximum absolute atomic E-state index is 12.6. The molecule has 4 aromatic rings. The molecule has 0 fully saturated rings. The molecule has 134 valence electrons. The molecular weight excluding hydrogens is 340 g/mol. The third-order valence-electron chi connectivity index (χ3n) is 4.22. The van der Waals surface area contributed by atoms with Gasteiger partial charge in [-0.3, -0.25) is 4.79 Å². The van der Waals surface area contributed by atoms with E-state index in [1.807, 2.05) is 72.8 Å². The highest BCUT2D eigenvalue weighted by atomic mass is 16.5. The van der Waals surface area contributed by atoms with Crippen LogP contribution in [-0.2, 0) is 0 Å². The number of benzene rings is 3. The molecule has 0 spiro atoms. The van der Waals surface area contributed by atoms with Gasteiger partial charge in [0.1, 0.15) is 17.2 Å². The third kappa shape index (κ3) is 3.62. The molecule has 1 heterocycles. The molecule has 0 unspecified atom stereocenters. The number of aromatic amines is 1. The maximum atomic E-state index is 12.6. The van der Waals surface area contributed by atoms with E-state index in [-0.39, 0.29) is 5.91 Å². The number of anilines is 1. The van der Waals surface area contributed by atoms with Gasteiger partial charge >= 0.3 is 0 Å². The summed E-state index contributed by atoms with van der Waals surface area (Å²) < 4.78 is 11.0. The van der Waals surface area contributed by atoms with E-state index in [0.29, 0.717) is 17.0 Å². The van der Waals surface area contributed by atoms with Gasteiger partial charge < -0.3 is 19.8 Å². The average Bonchev–Trinajstić information content (AvgIpc) is 3.13. The number of aromatic nitrogens is 1. The van der Waals surface area contributed by atoms with Gasteiger partial charge in [-0.15, -0.1) is 0 Å². The van der Waals surface area contributed by atoms with E-state index in [2.05, 4.69) is 10.3 Å². The number of hydrogen-bond acceptors (Lipinski definition) is 3. The monoisotopic (exact) mass is 358 g/mol. The molecule has 0 radical (unpaired) electrons. The van der Waals surface area contributed by atoms with Crippen molar-refractivity contribution in [1.29, 1.82) is 0 Å². The number of amides is 1. The van der Waals surface area contributed by atoms with Crippen LogP contribution in [0, 0.1) is 0 Å². The Kier molecular flexibility index (Phi) is 4.49. The average molecular weight is 358 g/mol. The summed E-state index contributed by atoms with van der Waals surface area (Å²) in [5.41, 5.74) is 2.13. The van der Waals surface area contributed by atoms with Crippen molar-refractivity contribution < 1.29 is 14.3 Å². The molecule has 0 aliphatic carbocycles. The Morgan fingerprint density at radius 1 is 0.889 bits per heavy atom. The van der Waals surface area contributed by atoms with Gasteiger partial charge in [-0.25, -0.2) is 0 Å². The van der Waals surface area contributed by atoms with Crippen molar-refractivity contribution in [2.24, 2.45) is 0 Å². The number of para-hydroxylation sites is 1. The van der Waals surface area contributed by atoms with Gasteiger partial charge in [0.2, 0.25) is 0 Å². The predicted octanol–water partition coefficient (Wildman–Crippen LogP) is 5.22. The van der Waals surface area contributed by atoms with Crippen molar-refractivity contribution in [2.45, 2.75) is 0 Å². The van der Waals surface area contributed by atoms with Crippen LogP contribution in [0.15, 0.2) is 79.0 Å². The second-order valence-electron chi connectivity index (χ2n) is 6.01. The molecule has 0 saturated heterocycles. The lowest BCUT2D eigenvalue weighted by molar-refractivity contribution is 0.102. The summed E-state index contributed by atoms with van der Waals surface area (Å²) in [5, 5.41) is 3.76. The number of rotatable bonds is 5. The fourth-order valence-electron chi connectivity index (χ4n) is 2.85. The summed E-state index contributed by atoms with van der Waals surface area (Å²) in [6, 6.07) is 22.4. The normalized spacial score (nSPS) is 10.6. The Balaban J connectivity index is 1.48. The van der Waals surface area contributed by atoms with Gasteiger partial charge in [-0.1, -0.05) is 18.2 Å². The van der Waals surface area contributed by atoms with Crippen LogP contribution in [0.2, 0.25) is 0 Å². The Morgan fingerprint density at radius 3 is 2.33 bits per heavy atom. The number of ether oxygens (including phenoxy) is 2. The van der Waals surface area contributed by atoms with Crippen LogP contribution in [-0.4, -0.2) is 18.0 Å². The first-order valence-electron chi connectivity index (χ1n) is 8.52. The zero-order valence-electron chi connectivity index (χ0n) is 14.7. The molecule has 2 N–H and O–H groups in total. The Hall–Kier alpha value is -3.73. The van der Waals surface area contributed by atoms with Crippen LogP contribution in [0.5, 0.6) is 17.2 Å². The van der Waals surface area contributed by atoms with Crippen LogP contribution >= 0.6 is 0 Å². The van der Waals surface area contributed by atoms with Gasteiger partial charge in [0, 0.05) is 28.9 Å². The predicted molar refractivity (Wildman–Crippen MR) is 106 cm³/mol. The van der Waals surface area contributed by atoms with E-state index in [1.54, 1.807) is 13.3 Å². The summed E-state index contributed by atoms with van der Waals surface area (Å²) in [6.07, 6.45) is 1.70. The van der Waals surface area contributed by atoms with Crippen molar-refractivity contribution in [1.82, 2.24) is 4.98 Å². The van der Waals surface area contributed by atoms with E-state index in [4.69, 9.17) is 9.47 Å². The van der Waals surface area contributed by atoms with Crippen molar-refractivity contribution in [3.8, 4) is 17.2 Å². The highest BCUT2D eigenvalue weighted by Crippen LogP contribution is 2.25. The number of carbonyl (C=O) groups is 1. The Morgan fingerprint density at radius 2 is 1.59 bits per heavy atom. The van der Waals surface area contributed by atoms with E-state index in [9.17, 15) is 4.79 Å². The van der Waals surface area contributed by atoms with E-state index < -0.39 is 0 Å². The highest BCUT2D eigenvalue weighted by molar-refractivity contribution is 6.12. The first-order valence-corrected chi connectivity index (χ1v) is 8.52. The minimum Gasteiger partial charge on any atom is -0.497 e. The standard InChI is InChI=1S/C22H18N2O3/c1-26-18-11-12-19-20(14-23-21(19)13-18)22(25)24-15-7-9-17(10-8-15)27-16-5-3-2-4-6-16/h2-14,23H,1H3,(H,24,25). The molecule has 1 aromatic heterocycles. The molecule has 5 heteroatoms. The topological polar surface area (TPSA) is 63.4 Å². The van der Waals surface area contributed by atoms with Crippen molar-refractivity contribution in [3.63, 3.8) is 0 Å². The molecule has 1 amide bonds. The van der Waals surface area contributed by atoms with Crippen LogP contribution in [0.3, 0.4) is 0 Å². The van der Waals surface area contributed by atoms with Crippen molar-refractivity contribution in [2.75, 3.05) is 12.4 Å². The van der Waals surface area contributed by atoms with Gasteiger partial charge in [0.05, 0.1) is 12.7 Å². The fraction of sp³-hybridized carbons (Fsp3) is 0.0455. The van der Waals surface area contributed by atoms with Crippen molar-refractivity contribution >= 4 is 22.5 Å². The number of H-pyrrole nitrogens is 1. The zero-order chi connectivity index (χ0) is 18.6. The minimum atomic E-state index is -0.178. The quantitative estimate of drug-likeness (QED) is 0.514. The maximum Gasteiger partial charge on any atom is 0.257 e. The molecule has 4 rings (SSSR count). The summed E-state index contributed by atoms with van der Waals surface area (Å²) >= 11 is 0. The first kappa shape index (κ1) is 16.7. The van der Waals surface area contributed by atoms with Crippen molar-refractivity contribution in [3.05, 3.63) is 84.6 Å². The Labute approximate surface area is 156 Å². The van der Waals surface area contributed by atoms with Gasteiger partial charge in [0.15, 0.2) is 0 Å². The SMILES string of the molecule is COc1ccc2c(C(=O)Nc3ccc(Oc4ccccc4)cc3)c[nH]c2c1. The largest absolute Gasteiger partial charge is 0.497 e. The molecular formula is C22H18N2O3. The lowest BCUT2D eigenvalue weighted by Crippen LogP contribution is -2.11. The van der Waals surface area contributed by atoms with Crippen LogP contribution in [0.1, 0.15) is 10.4 Å². The highest BCUT2D eigenvalue weighted by Gasteiger charge is 2.13. The molecule has 0 bridgehead atoms. The molecule has 0 atom stereocenters. The molecule has 5 nitrogen and oxygen atoms in total. The summed E-state index contributed by atoms with van der Waals surface area (Å²) in [4.78, 5) is 15.7. The molecule has 0 saturated carbocycles. The fourth-order valence-corrected chi connectivity index (χ4v) is 2.85. The summed E-state index contributed by atoms with van der Waals surface area (Å²) in [5.74, 6) is 2.04. The number of carbonyl (C=O) groups excluding carboxylic acids is 1. The summed E-state index contributed by atoms with van der Waals surface area (Å²) in [7, 11) is 1.61. The van der Waals surface area contributed by atoms with Crippen LogP contribution < -0.4 is 14.8 Å². The number of hydrogen-bond donors (Lipinski definition) is 2. The molecule has 3 aromatic carbocycles. The van der Waals surface area contributed by atoms with Crippen LogP contribution in [0.25, 0.3) is 10.9 Å². The first-order chi connectivity index (χ1) is 13.2. The smallest absolute Gasteiger partial charge is 0.257 e. The summed E-state index contributed by atoms with van der Waals surface area (Å²) in [6.45, 7) is 0. The lowest BCUT2D eigenvalue weighted by Gasteiger charge is -2.08. The number of nitrogens with one attached hydrogen (secondary N) is 2. The van der Waals surface area contributed by atoms with Crippen LogP contribution in [0.4, 0.5) is 5.69 Å². The van der Waals surface area contributed by atoms with E-state index in [0.717, 1.165) is 22.4 Å². The lowest BCUT2D eigenvalue weighted by atomic mass is 10.1. The number of fused-ring (bicyclic) bond motifs is 1. The Bertz CT molecular complexity index is 1070. The van der Waals surface area contributed by atoms with Gasteiger partial charge in [-0.05, 0) is 48.5 Å². The zero-order valence-corrected chi connectivity index (χ0v) is 14.7. The van der Waals surface area contributed by atoms with Gasteiger partial charge in [0.25, 0.3) is 5.91 Å². The third-order valence-corrected chi connectivity index (χ3v) is 4.22. The number of methoxy groups -OCH3 is 1. The second-order valence-corrected chi connectivity index (χ2v) is 6.01. The van der Waals surface area contributed by atoms with E-state index in [1.165, 1.54) is 0 Å². The molecule has 0 aliphatic rings. The van der Waals surface area contributed by atoms with Gasteiger partial charge in [-0.2, -0.15) is 0 Å². The molecule has 27 heavy (non-hydrogen) atoms. The molecule has 0 aliphatic heterocycles.